The normalized spacial score (nSPS) is 11.3. The summed E-state index contributed by atoms with van der Waals surface area (Å²) in [5.74, 6) is 0. The first-order valence-corrected chi connectivity index (χ1v) is 7.68. The highest BCUT2D eigenvalue weighted by Gasteiger charge is 2.03. The van der Waals surface area contributed by atoms with Crippen molar-refractivity contribution in [1.29, 1.82) is 0 Å². The number of hydrogen-bond donors (Lipinski definition) is 1. The predicted octanol–water partition coefficient (Wildman–Crippen LogP) is 4.53. The number of aryl methyl sites for hydroxylation is 2. The molecule has 0 aliphatic rings. The molecule has 92 valence electrons. The largest absolute Gasteiger partial charge is 0.315 e. The van der Waals surface area contributed by atoms with Gasteiger partial charge in [-0.15, -0.1) is 11.3 Å². The van der Waals surface area contributed by atoms with Gasteiger partial charge in [-0.3, -0.25) is 0 Å². The van der Waals surface area contributed by atoms with E-state index in [1.807, 2.05) is 11.3 Å². The van der Waals surface area contributed by atoms with Crippen LogP contribution in [0.2, 0.25) is 0 Å². The molecule has 1 N–H and O–H groups in total. The summed E-state index contributed by atoms with van der Waals surface area (Å²) in [6.07, 6.45) is 5.16. The van der Waals surface area contributed by atoms with Gasteiger partial charge < -0.3 is 5.32 Å². The molecule has 1 nitrogen and oxygen atoms in total. The van der Waals surface area contributed by atoms with Crippen molar-refractivity contribution in [2.24, 2.45) is 0 Å². The van der Waals surface area contributed by atoms with Crippen LogP contribution in [0.5, 0.6) is 0 Å². The van der Waals surface area contributed by atoms with Gasteiger partial charge in [0.1, 0.15) is 0 Å². The molecular formula is C13H22BrNS. The fraction of sp³-hybridized carbons (Fsp3) is 0.692. The molecule has 1 rings (SSSR count). The maximum atomic E-state index is 3.54. The first-order chi connectivity index (χ1) is 7.59. The summed E-state index contributed by atoms with van der Waals surface area (Å²) < 4.78 is 1.27. The van der Waals surface area contributed by atoms with Gasteiger partial charge in [-0.25, -0.2) is 0 Å². The van der Waals surface area contributed by atoms with Crippen LogP contribution in [0.1, 0.15) is 43.6 Å². The second-order valence-corrected chi connectivity index (χ2v) is 7.19. The summed E-state index contributed by atoms with van der Waals surface area (Å²) >= 11 is 5.39. The molecule has 16 heavy (non-hydrogen) atoms. The van der Waals surface area contributed by atoms with Crippen LogP contribution in [0.15, 0.2) is 9.85 Å². The lowest BCUT2D eigenvalue weighted by molar-refractivity contribution is 0.548. The van der Waals surface area contributed by atoms with Crippen LogP contribution in [-0.4, -0.2) is 12.6 Å². The number of rotatable bonds is 7. The highest BCUT2D eigenvalue weighted by Crippen LogP contribution is 2.27. The smallest absolute Gasteiger partial charge is 0.0704 e. The number of unbranched alkanes of at least 4 members (excludes halogenated alkanes) is 2. The van der Waals surface area contributed by atoms with Crippen molar-refractivity contribution >= 4 is 27.3 Å². The summed E-state index contributed by atoms with van der Waals surface area (Å²) in [6, 6.07) is 2.89. The average Bonchev–Trinajstić information content (AvgIpc) is 2.50. The molecule has 0 aliphatic heterocycles. The van der Waals surface area contributed by atoms with E-state index in [0.717, 1.165) is 6.54 Å². The number of hydrogen-bond acceptors (Lipinski definition) is 2. The third-order valence-corrected chi connectivity index (χ3v) is 4.26. The minimum absolute atomic E-state index is 0.620. The van der Waals surface area contributed by atoms with Crippen molar-refractivity contribution < 1.29 is 0 Å². The fourth-order valence-corrected chi connectivity index (χ4v) is 3.53. The molecule has 1 heterocycles. The quantitative estimate of drug-likeness (QED) is 0.730. The molecule has 0 fully saturated rings. The molecule has 1 aromatic heterocycles. The van der Waals surface area contributed by atoms with Crippen LogP contribution >= 0.6 is 27.3 Å². The first-order valence-electron chi connectivity index (χ1n) is 6.08. The Morgan fingerprint density at radius 3 is 2.62 bits per heavy atom. The van der Waals surface area contributed by atoms with Crippen molar-refractivity contribution in [2.75, 3.05) is 6.54 Å². The molecule has 0 aliphatic carbocycles. The molecule has 0 saturated carbocycles. The SMILES string of the molecule is Cc1sc(Br)cc1CCCCCNC(C)C. The van der Waals surface area contributed by atoms with Gasteiger partial charge in [0.25, 0.3) is 0 Å². The first kappa shape index (κ1) is 14.2. The summed E-state index contributed by atoms with van der Waals surface area (Å²) in [6.45, 7) is 7.77. The van der Waals surface area contributed by atoms with Crippen LogP contribution in [0.3, 0.4) is 0 Å². The Hall–Kier alpha value is 0.140. The van der Waals surface area contributed by atoms with Gasteiger partial charge in [0.15, 0.2) is 0 Å². The molecule has 3 heteroatoms. The van der Waals surface area contributed by atoms with E-state index in [4.69, 9.17) is 0 Å². The minimum Gasteiger partial charge on any atom is -0.315 e. The highest BCUT2D eigenvalue weighted by atomic mass is 79.9. The molecule has 1 aromatic rings. The van der Waals surface area contributed by atoms with E-state index in [1.165, 1.54) is 39.9 Å². The summed E-state index contributed by atoms with van der Waals surface area (Å²) in [5.41, 5.74) is 1.52. The summed E-state index contributed by atoms with van der Waals surface area (Å²) in [5, 5.41) is 3.45. The Morgan fingerprint density at radius 2 is 2.06 bits per heavy atom. The van der Waals surface area contributed by atoms with Crippen molar-refractivity contribution in [2.45, 2.75) is 52.5 Å². The molecule has 0 atom stereocenters. The summed E-state index contributed by atoms with van der Waals surface area (Å²) in [7, 11) is 0. The maximum absolute atomic E-state index is 3.54. The lowest BCUT2D eigenvalue weighted by Crippen LogP contribution is -2.23. The average molecular weight is 304 g/mol. The molecule has 0 amide bonds. The summed E-state index contributed by atoms with van der Waals surface area (Å²) in [4.78, 5) is 1.46. The number of thiophene rings is 1. The third-order valence-electron chi connectivity index (χ3n) is 2.67. The molecule has 0 radical (unpaired) electrons. The minimum atomic E-state index is 0.620. The van der Waals surface area contributed by atoms with Crippen molar-refractivity contribution in [3.63, 3.8) is 0 Å². The lowest BCUT2D eigenvalue weighted by Gasteiger charge is -2.07. The van der Waals surface area contributed by atoms with Crippen molar-refractivity contribution in [3.8, 4) is 0 Å². The van der Waals surface area contributed by atoms with E-state index in [0.29, 0.717) is 6.04 Å². The number of nitrogens with one attached hydrogen (secondary N) is 1. The molecule has 0 unspecified atom stereocenters. The predicted molar refractivity (Wildman–Crippen MR) is 77.4 cm³/mol. The van der Waals surface area contributed by atoms with Crippen LogP contribution in [0, 0.1) is 6.92 Å². The maximum Gasteiger partial charge on any atom is 0.0704 e. The Bertz CT molecular complexity index is 307. The van der Waals surface area contributed by atoms with Crippen LogP contribution in [-0.2, 0) is 6.42 Å². The van der Waals surface area contributed by atoms with Gasteiger partial charge in [-0.2, -0.15) is 0 Å². The van der Waals surface area contributed by atoms with E-state index in [-0.39, 0.29) is 0 Å². The van der Waals surface area contributed by atoms with Crippen LogP contribution in [0.25, 0.3) is 0 Å². The van der Waals surface area contributed by atoms with Gasteiger partial charge in [0, 0.05) is 10.9 Å². The second-order valence-electron chi connectivity index (χ2n) is 4.55. The van der Waals surface area contributed by atoms with Gasteiger partial charge >= 0.3 is 0 Å². The zero-order valence-corrected chi connectivity index (χ0v) is 12.9. The van der Waals surface area contributed by atoms with E-state index in [9.17, 15) is 0 Å². The molecule has 0 bridgehead atoms. The van der Waals surface area contributed by atoms with Gasteiger partial charge in [-0.1, -0.05) is 20.3 Å². The molecule has 0 spiro atoms. The van der Waals surface area contributed by atoms with Crippen molar-refractivity contribution in [1.82, 2.24) is 5.32 Å². The van der Waals surface area contributed by atoms with E-state index < -0.39 is 0 Å². The fourth-order valence-electron chi connectivity index (χ4n) is 1.74. The zero-order chi connectivity index (χ0) is 12.0. The van der Waals surface area contributed by atoms with Gasteiger partial charge in [0.05, 0.1) is 3.79 Å². The van der Waals surface area contributed by atoms with Gasteiger partial charge in [-0.05, 0) is 60.3 Å². The highest BCUT2D eigenvalue weighted by molar-refractivity contribution is 9.11. The van der Waals surface area contributed by atoms with Gasteiger partial charge in [0.2, 0.25) is 0 Å². The monoisotopic (exact) mass is 303 g/mol. The van der Waals surface area contributed by atoms with E-state index in [2.05, 4.69) is 48.1 Å². The van der Waals surface area contributed by atoms with E-state index in [1.54, 1.807) is 0 Å². The Labute approximate surface area is 112 Å². The molecule has 0 aromatic carbocycles. The Morgan fingerprint density at radius 1 is 1.31 bits per heavy atom. The lowest BCUT2D eigenvalue weighted by atomic mass is 10.1. The van der Waals surface area contributed by atoms with Crippen LogP contribution in [0.4, 0.5) is 0 Å². The standard InChI is InChI=1S/C13H22BrNS/c1-10(2)15-8-6-4-5-7-12-9-13(14)16-11(12)3/h9-10,15H,4-8H2,1-3H3. The molecule has 0 saturated heterocycles. The third kappa shape index (κ3) is 5.46. The number of halogens is 1. The van der Waals surface area contributed by atoms with E-state index >= 15 is 0 Å². The van der Waals surface area contributed by atoms with Crippen LogP contribution < -0.4 is 5.32 Å². The molecular weight excluding hydrogens is 282 g/mol. The Kier molecular flexibility index (Phi) is 6.62. The van der Waals surface area contributed by atoms with Crippen molar-refractivity contribution in [3.05, 3.63) is 20.3 Å². The second kappa shape index (κ2) is 7.46. The zero-order valence-electron chi connectivity index (χ0n) is 10.5. The topological polar surface area (TPSA) is 12.0 Å². The Balaban J connectivity index is 2.09.